The Morgan fingerprint density at radius 2 is 1.62 bits per heavy atom. The van der Waals surface area contributed by atoms with Crippen LogP contribution in [0.5, 0.6) is 0 Å². The molecule has 0 radical (unpaired) electrons. The quantitative estimate of drug-likeness (QED) is 0.852. The van der Waals surface area contributed by atoms with E-state index < -0.39 is 11.6 Å². The summed E-state index contributed by atoms with van der Waals surface area (Å²) in [4.78, 5) is 14.1. The highest BCUT2D eigenvalue weighted by Crippen LogP contribution is 2.26. The van der Waals surface area contributed by atoms with Crippen molar-refractivity contribution in [2.45, 2.75) is 19.3 Å². The highest BCUT2D eigenvalue weighted by Gasteiger charge is 2.19. The van der Waals surface area contributed by atoms with E-state index >= 15 is 0 Å². The summed E-state index contributed by atoms with van der Waals surface area (Å²) in [5, 5.41) is -0.0665. The fourth-order valence-electron chi connectivity index (χ4n) is 2.40. The molecule has 0 bridgehead atoms. The zero-order valence-electron chi connectivity index (χ0n) is 11.2. The minimum atomic E-state index is -0.720. The van der Waals surface area contributed by atoms with Gasteiger partial charge in [0, 0.05) is 13.1 Å². The van der Waals surface area contributed by atoms with Gasteiger partial charge in [-0.3, -0.25) is 0 Å². The van der Waals surface area contributed by atoms with Gasteiger partial charge in [0.15, 0.2) is 5.82 Å². The van der Waals surface area contributed by atoms with E-state index in [2.05, 4.69) is 15.0 Å². The van der Waals surface area contributed by atoms with Gasteiger partial charge >= 0.3 is 0 Å². The number of nitrogens with zero attached hydrogens (tertiary/aromatic N) is 4. The van der Waals surface area contributed by atoms with Crippen molar-refractivity contribution in [2.75, 3.05) is 18.0 Å². The minimum Gasteiger partial charge on any atom is -0.341 e. The van der Waals surface area contributed by atoms with Crippen LogP contribution in [-0.4, -0.2) is 28.0 Å². The highest BCUT2D eigenvalue weighted by atomic mass is 35.5. The molecule has 0 N–H and O–H groups in total. The van der Waals surface area contributed by atoms with Crippen LogP contribution in [0.15, 0.2) is 18.2 Å². The molecule has 1 aromatic carbocycles. The number of piperidine rings is 1. The molecular formula is C14H13ClF2N4. The molecule has 0 atom stereocenters. The molecule has 7 heteroatoms. The molecule has 110 valence electrons. The molecule has 0 unspecified atom stereocenters. The Kier molecular flexibility index (Phi) is 3.96. The zero-order chi connectivity index (χ0) is 14.8. The second kappa shape index (κ2) is 5.89. The molecule has 3 rings (SSSR count). The SMILES string of the molecule is Fc1cccc(F)c1-c1nc(Cl)nc(N2CCCCC2)n1. The maximum absolute atomic E-state index is 13.8. The van der Waals surface area contributed by atoms with E-state index in [-0.39, 0.29) is 16.7 Å². The van der Waals surface area contributed by atoms with Crippen molar-refractivity contribution in [2.24, 2.45) is 0 Å². The smallest absolute Gasteiger partial charge is 0.230 e. The molecule has 0 aliphatic carbocycles. The van der Waals surface area contributed by atoms with E-state index in [9.17, 15) is 8.78 Å². The Labute approximate surface area is 125 Å². The highest BCUT2D eigenvalue weighted by molar-refractivity contribution is 6.28. The van der Waals surface area contributed by atoms with Crippen LogP contribution in [0.25, 0.3) is 11.4 Å². The van der Waals surface area contributed by atoms with E-state index in [0.29, 0.717) is 5.95 Å². The van der Waals surface area contributed by atoms with Crippen molar-refractivity contribution in [3.8, 4) is 11.4 Å². The molecule has 0 amide bonds. The summed E-state index contributed by atoms with van der Waals surface area (Å²) in [6, 6.07) is 3.62. The summed E-state index contributed by atoms with van der Waals surface area (Å²) >= 11 is 5.89. The number of benzene rings is 1. The molecule has 0 spiro atoms. The van der Waals surface area contributed by atoms with E-state index in [0.717, 1.165) is 44.5 Å². The summed E-state index contributed by atoms with van der Waals surface area (Å²) in [6.45, 7) is 1.61. The van der Waals surface area contributed by atoms with Crippen LogP contribution in [-0.2, 0) is 0 Å². The maximum atomic E-state index is 13.8. The third-order valence-electron chi connectivity index (χ3n) is 3.42. The molecule has 1 fully saturated rings. The molecule has 1 aliphatic heterocycles. The van der Waals surface area contributed by atoms with Gasteiger partial charge in [-0.2, -0.15) is 15.0 Å². The van der Waals surface area contributed by atoms with Gasteiger partial charge in [-0.05, 0) is 43.0 Å². The molecule has 2 heterocycles. The van der Waals surface area contributed by atoms with E-state index in [4.69, 9.17) is 11.6 Å². The Balaban J connectivity index is 2.05. The van der Waals surface area contributed by atoms with Gasteiger partial charge in [-0.15, -0.1) is 0 Å². The van der Waals surface area contributed by atoms with Gasteiger partial charge in [0.05, 0.1) is 5.56 Å². The van der Waals surface area contributed by atoms with E-state index in [1.165, 1.54) is 6.07 Å². The number of aromatic nitrogens is 3. The van der Waals surface area contributed by atoms with Crippen molar-refractivity contribution < 1.29 is 8.78 Å². The third kappa shape index (κ3) is 2.95. The average Bonchev–Trinajstić information content (AvgIpc) is 2.47. The normalized spacial score (nSPS) is 15.3. The standard InChI is InChI=1S/C14H13ClF2N4/c15-13-18-12(11-9(16)5-4-6-10(11)17)19-14(20-13)21-7-2-1-3-8-21/h4-6H,1-3,7-8H2. The molecule has 21 heavy (non-hydrogen) atoms. The second-order valence-electron chi connectivity index (χ2n) is 4.87. The predicted molar refractivity (Wildman–Crippen MR) is 76.3 cm³/mol. The molecule has 0 saturated carbocycles. The van der Waals surface area contributed by atoms with Gasteiger partial charge in [-0.1, -0.05) is 6.07 Å². The van der Waals surface area contributed by atoms with Crippen LogP contribution in [0.1, 0.15) is 19.3 Å². The van der Waals surface area contributed by atoms with Gasteiger partial charge in [0.2, 0.25) is 11.2 Å². The van der Waals surface area contributed by atoms with E-state index in [1.54, 1.807) is 0 Å². The summed E-state index contributed by atoms with van der Waals surface area (Å²) in [6.07, 6.45) is 3.23. The maximum Gasteiger partial charge on any atom is 0.230 e. The predicted octanol–water partition coefficient (Wildman–Crippen LogP) is 3.46. The molecule has 2 aromatic rings. The Morgan fingerprint density at radius 1 is 0.952 bits per heavy atom. The van der Waals surface area contributed by atoms with Crippen LogP contribution in [0, 0.1) is 11.6 Å². The summed E-state index contributed by atoms with van der Waals surface area (Å²) in [5.41, 5.74) is -0.278. The fourth-order valence-corrected chi connectivity index (χ4v) is 2.55. The lowest BCUT2D eigenvalue weighted by molar-refractivity contribution is 0.566. The van der Waals surface area contributed by atoms with Crippen molar-refractivity contribution in [1.29, 1.82) is 0 Å². The molecular weight excluding hydrogens is 298 g/mol. The Hall–Kier alpha value is -1.82. The van der Waals surface area contributed by atoms with Gasteiger partial charge < -0.3 is 4.90 Å². The molecule has 4 nitrogen and oxygen atoms in total. The van der Waals surface area contributed by atoms with Crippen molar-refractivity contribution in [3.05, 3.63) is 35.1 Å². The van der Waals surface area contributed by atoms with Gasteiger partial charge in [0.1, 0.15) is 11.6 Å². The molecule has 1 aromatic heterocycles. The molecule has 1 saturated heterocycles. The van der Waals surface area contributed by atoms with Crippen LogP contribution in [0.4, 0.5) is 14.7 Å². The number of rotatable bonds is 2. The Morgan fingerprint density at radius 3 is 2.29 bits per heavy atom. The van der Waals surface area contributed by atoms with Crippen molar-refractivity contribution in [3.63, 3.8) is 0 Å². The summed E-state index contributed by atoms with van der Waals surface area (Å²) in [5.74, 6) is -1.15. The number of hydrogen-bond acceptors (Lipinski definition) is 4. The van der Waals surface area contributed by atoms with Crippen LogP contribution in [0.3, 0.4) is 0 Å². The summed E-state index contributed by atoms with van der Waals surface area (Å²) in [7, 11) is 0. The second-order valence-corrected chi connectivity index (χ2v) is 5.21. The zero-order valence-corrected chi connectivity index (χ0v) is 11.9. The first-order valence-corrected chi connectivity index (χ1v) is 7.14. The fraction of sp³-hybridized carbons (Fsp3) is 0.357. The number of halogens is 3. The lowest BCUT2D eigenvalue weighted by Gasteiger charge is -2.26. The molecule has 1 aliphatic rings. The van der Waals surface area contributed by atoms with Crippen molar-refractivity contribution >= 4 is 17.5 Å². The largest absolute Gasteiger partial charge is 0.341 e. The van der Waals surface area contributed by atoms with Gasteiger partial charge in [-0.25, -0.2) is 8.78 Å². The van der Waals surface area contributed by atoms with Crippen molar-refractivity contribution in [1.82, 2.24) is 15.0 Å². The first-order valence-electron chi connectivity index (χ1n) is 6.76. The van der Waals surface area contributed by atoms with Crippen LogP contribution < -0.4 is 4.90 Å². The van der Waals surface area contributed by atoms with E-state index in [1.807, 2.05) is 4.90 Å². The lowest BCUT2D eigenvalue weighted by Crippen LogP contribution is -2.31. The third-order valence-corrected chi connectivity index (χ3v) is 3.59. The van der Waals surface area contributed by atoms with Gasteiger partial charge in [0.25, 0.3) is 0 Å². The lowest BCUT2D eigenvalue weighted by atomic mass is 10.1. The summed E-state index contributed by atoms with van der Waals surface area (Å²) < 4.78 is 27.7. The Bertz CT molecular complexity index is 639. The first kappa shape index (κ1) is 14.1. The number of hydrogen-bond donors (Lipinski definition) is 0. The average molecular weight is 311 g/mol. The monoisotopic (exact) mass is 310 g/mol. The number of anilines is 1. The van der Waals surface area contributed by atoms with Crippen LogP contribution >= 0.6 is 11.6 Å². The first-order chi connectivity index (χ1) is 10.1. The van der Waals surface area contributed by atoms with Crippen LogP contribution in [0.2, 0.25) is 5.28 Å². The topological polar surface area (TPSA) is 41.9 Å². The minimum absolute atomic E-state index is 0.0665.